The number of ether oxygens (including phenoxy) is 2. The number of amides is 1. The zero-order chi connectivity index (χ0) is 17.4. The first-order valence-electron chi connectivity index (χ1n) is 9.49. The standard InChI is InChI=1S/C20H23NO4/c1-9(2)19-15(24-19)7-13-18(3)5-4-10-11(8-21-16(10)22)12(18)6-14-20(13,25-14)17(19)23/h7,9,12,14-15H,4-6,8H2,1-3H3,(H,21,22)/t12-,14-,15+,18+,19+,20+/m1/s1. The molecule has 3 aliphatic carbocycles. The van der Waals surface area contributed by atoms with Crippen LogP contribution in [-0.4, -0.2) is 41.6 Å². The fraction of sp³-hybridized carbons (Fsp3) is 0.700. The van der Waals surface area contributed by atoms with Gasteiger partial charge in [0.1, 0.15) is 12.2 Å². The van der Waals surface area contributed by atoms with E-state index in [9.17, 15) is 9.59 Å². The number of fused-ring (bicyclic) bond motifs is 4. The van der Waals surface area contributed by atoms with E-state index in [-0.39, 0.29) is 35.2 Å². The van der Waals surface area contributed by atoms with Gasteiger partial charge in [-0.2, -0.15) is 0 Å². The lowest BCUT2D eigenvalue weighted by Crippen LogP contribution is -2.55. The van der Waals surface area contributed by atoms with Gasteiger partial charge in [-0.1, -0.05) is 20.8 Å². The Morgan fingerprint density at radius 2 is 2.08 bits per heavy atom. The van der Waals surface area contributed by atoms with E-state index in [1.54, 1.807) is 0 Å². The normalized spacial score (nSPS) is 51.8. The van der Waals surface area contributed by atoms with Crippen LogP contribution in [0, 0.1) is 17.3 Å². The van der Waals surface area contributed by atoms with Crippen molar-refractivity contribution in [3.05, 3.63) is 22.8 Å². The molecule has 6 aliphatic rings. The minimum atomic E-state index is -0.739. The van der Waals surface area contributed by atoms with E-state index >= 15 is 0 Å². The maximum atomic E-state index is 13.5. The number of Topliss-reactive ketones (excluding diaryl/α,β-unsaturated/α-hetero) is 1. The minimum Gasteiger partial charge on any atom is -0.353 e. The van der Waals surface area contributed by atoms with Gasteiger partial charge in [-0.3, -0.25) is 9.59 Å². The van der Waals surface area contributed by atoms with Crippen LogP contribution in [0.15, 0.2) is 22.8 Å². The highest BCUT2D eigenvalue weighted by Gasteiger charge is 2.82. The summed E-state index contributed by atoms with van der Waals surface area (Å²) in [5.41, 5.74) is 1.88. The summed E-state index contributed by atoms with van der Waals surface area (Å²) in [6, 6.07) is 0. The average molecular weight is 341 g/mol. The summed E-state index contributed by atoms with van der Waals surface area (Å²) in [6.45, 7) is 7.05. The Morgan fingerprint density at radius 3 is 2.84 bits per heavy atom. The highest BCUT2D eigenvalue weighted by molar-refractivity contribution is 6.06. The van der Waals surface area contributed by atoms with E-state index in [2.05, 4.69) is 32.2 Å². The van der Waals surface area contributed by atoms with Crippen LogP contribution in [0.2, 0.25) is 0 Å². The van der Waals surface area contributed by atoms with Crippen LogP contribution in [-0.2, 0) is 19.1 Å². The molecule has 0 aromatic heterocycles. The summed E-state index contributed by atoms with van der Waals surface area (Å²) in [4.78, 5) is 25.6. The van der Waals surface area contributed by atoms with E-state index in [0.29, 0.717) is 12.5 Å². The number of ketones is 1. The second-order valence-electron chi connectivity index (χ2n) is 9.13. The van der Waals surface area contributed by atoms with E-state index in [1.165, 1.54) is 5.57 Å². The Bertz CT molecular complexity index is 826. The van der Waals surface area contributed by atoms with Crippen LogP contribution in [0.1, 0.15) is 40.0 Å². The van der Waals surface area contributed by atoms with Gasteiger partial charge < -0.3 is 14.8 Å². The Kier molecular flexibility index (Phi) is 2.31. The zero-order valence-corrected chi connectivity index (χ0v) is 14.8. The first-order chi connectivity index (χ1) is 11.9. The van der Waals surface area contributed by atoms with Gasteiger partial charge in [-0.05, 0) is 53.7 Å². The van der Waals surface area contributed by atoms with Crippen LogP contribution < -0.4 is 5.32 Å². The van der Waals surface area contributed by atoms with Crippen molar-refractivity contribution in [2.75, 3.05) is 6.54 Å². The molecule has 6 atom stereocenters. The van der Waals surface area contributed by atoms with Gasteiger partial charge in [0.15, 0.2) is 11.2 Å². The quantitative estimate of drug-likeness (QED) is 0.582. The fourth-order valence-corrected chi connectivity index (χ4v) is 6.41. The molecule has 1 spiro atoms. The first kappa shape index (κ1) is 14.7. The second-order valence-corrected chi connectivity index (χ2v) is 9.13. The molecule has 3 aliphatic heterocycles. The van der Waals surface area contributed by atoms with Crippen molar-refractivity contribution < 1.29 is 19.1 Å². The van der Waals surface area contributed by atoms with Crippen molar-refractivity contribution >= 4 is 11.7 Å². The summed E-state index contributed by atoms with van der Waals surface area (Å²) in [7, 11) is 0. The first-order valence-corrected chi connectivity index (χ1v) is 9.49. The Morgan fingerprint density at radius 1 is 1.28 bits per heavy atom. The summed E-state index contributed by atoms with van der Waals surface area (Å²) in [6.07, 6.45) is 4.60. The van der Waals surface area contributed by atoms with Crippen LogP contribution in [0.25, 0.3) is 0 Å². The SMILES string of the molecule is CC(C)[C@]12O[C@H]1C=C1[C@@]3(O[C@@H]3C[C@@H]3C4=C(CC[C@]13C)C(=O)NC4)C2=O. The lowest BCUT2D eigenvalue weighted by atomic mass is 9.51. The molecule has 1 amide bonds. The predicted octanol–water partition coefficient (Wildman–Crippen LogP) is 1.67. The Balaban J connectivity index is 1.50. The molecule has 0 unspecified atom stereocenters. The second kappa shape index (κ2) is 3.94. The van der Waals surface area contributed by atoms with Gasteiger partial charge >= 0.3 is 0 Å². The molecule has 132 valence electrons. The number of carbonyl (C=O) groups is 2. The molecule has 3 fully saturated rings. The smallest absolute Gasteiger partial charge is 0.247 e. The van der Waals surface area contributed by atoms with Crippen molar-refractivity contribution in [3.8, 4) is 0 Å². The zero-order valence-electron chi connectivity index (χ0n) is 14.8. The molecule has 5 nitrogen and oxygen atoms in total. The van der Waals surface area contributed by atoms with Crippen LogP contribution in [0.3, 0.4) is 0 Å². The molecular weight excluding hydrogens is 318 g/mol. The molecule has 5 heteroatoms. The Labute approximate surface area is 146 Å². The topological polar surface area (TPSA) is 71.2 Å². The molecule has 0 aromatic rings. The third kappa shape index (κ3) is 1.36. The predicted molar refractivity (Wildman–Crippen MR) is 88.6 cm³/mol. The molecular formula is C20H23NO4. The number of nitrogens with one attached hydrogen (secondary N) is 1. The van der Waals surface area contributed by atoms with Crippen molar-refractivity contribution in [2.45, 2.75) is 63.4 Å². The number of carbonyl (C=O) groups excluding carboxylic acids is 2. The van der Waals surface area contributed by atoms with Crippen molar-refractivity contribution in [1.29, 1.82) is 0 Å². The van der Waals surface area contributed by atoms with Crippen LogP contribution in [0.4, 0.5) is 0 Å². The summed E-state index contributed by atoms with van der Waals surface area (Å²) in [5, 5.41) is 2.99. The van der Waals surface area contributed by atoms with Gasteiger partial charge in [-0.25, -0.2) is 0 Å². The van der Waals surface area contributed by atoms with Crippen molar-refractivity contribution in [1.82, 2.24) is 5.32 Å². The van der Waals surface area contributed by atoms with Crippen molar-refractivity contribution in [3.63, 3.8) is 0 Å². The van der Waals surface area contributed by atoms with Gasteiger partial charge in [-0.15, -0.1) is 0 Å². The van der Waals surface area contributed by atoms with Gasteiger partial charge in [0, 0.05) is 12.1 Å². The highest BCUT2D eigenvalue weighted by atomic mass is 16.6. The maximum absolute atomic E-state index is 13.5. The third-order valence-electron chi connectivity index (χ3n) is 7.93. The summed E-state index contributed by atoms with van der Waals surface area (Å²) >= 11 is 0. The number of epoxide rings is 2. The minimum absolute atomic E-state index is 0.0485. The van der Waals surface area contributed by atoms with Gasteiger partial charge in [0.05, 0.1) is 0 Å². The van der Waals surface area contributed by atoms with E-state index in [1.807, 2.05) is 0 Å². The molecule has 0 radical (unpaired) electrons. The maximum Gasteiger partial charge on any atom is 0.247 e. The number of rotatable bonds is 1. The van der Waals surface area contributed by atoms with E-state index in [0.717, 1.165) is 30.4 Å². The lowest BCUT2D eigenvalue weighted by Gasteiger charge is -2.49. The van der Waals surface area contributed by atoms with Crippen LogP contribution in [0.5, 0.6) is 0 Å². The molecule has 1 saturated carbocycles. The molecule has 3 heterocycles. The summed E-state index contributed by atoms with van der Waals surface area (Å²) < 4.78 is 12.1. The molecule has 0 aromatic carbocycles. The van der Waals surface area contributed by atoms with Gasteiger partial charge in [0.25, 0.3) is 0 Å². The number of hydrogen-bond acceptors (Lipinski definition) is 4. The van der Waals surface area contributed by atoms with E-state index < -0.39 is 11.2 Å². The molecule has 2 saturated heterocycles. The molecule has 25 heavy (non-hydrogen) atoms. The number of hydrogen-bond donors (Lipinski definition) is 1. The fourth-order valence-electron chi connectivity index (χ4n) is 6.41. The van der Waals surface area contributed by atoms with E-state index in [4.69, 9.17) is 9.47 Å². The highest BCUT2D eigenvalue weighted by Crippen LogP contribution is 2.70. The Hall–Kier alpha value is -1.46. The monoisotopic (exact) mass is 341 g/mol. The average Bonchev–Trinajstić information content (AvgIpc) is 3.44. The van der Waals surface area contributed by atoms with Gasteiger partial charge in [0.2, 0.25) is 11.7 Å². The molecule has 6 rings (SSSR count). The molecule has 0 bridgehead atoms. The lowest BCUT2D eigenvalue weighted by molar-refractivity contribution is -0.130. The van der Waals surface area contributed by atoms with Crippen LogP contribution >= 0.6 is 0 Å². The largest absolute Gasteiger partial charge is 0.353 e. The summed E-state index contributed by atoms with van der Waals surface area (Å²) in [5.74, 6) is 0.705. The third-order valence-corrected chi connectivity index (χ3v) is 7.93. The van der Waals surface area contributed by atoms with Crippen molar-refractivity contribution in [2.24, 2.45) is 17.3 Å². The molecule has 1 N–H and O–H groups in total.